The van der Waals surface area contributed by atoms with Crippen LogP contribution >= 0.6 is 0 Å². The van der Waals surface area contributed by atoms with E-state index < -0.39 is 0 Å². The Labute approximate surface area is 84.9 Å². The molecular weight excluding hydrogens is 174 g/mol. The Balaban J connectivity index is 2.07. The van der Waals surface area contributed by atoms with Crippen LogP contribution in [0.3, 0.4) is 0 Å². The second-order valence-electron chi connectivity index (χ2n) is 3.97. The van der Waals surface area contributed by atoms with Crippen molar-refractivity contribution < 1.29 is 0 Å². The summed E-state index contributed by atoms with van der Waals surface area (Å²) in [5.74, 6) is 0. The Hall–Kier alpha value is -1.09. The molecule has 1 saturated heterocycles. The number of aryl methyl sites for hydroxylation is 2. The predicted molar refractivity (Wildman–Crippen MR) is 58.6 cm³/mol. The van der Waals surface area contributed by atoms with E-state index in [1.54, 1.807) is 0 Å². The highest BCUT2D eigenvalue weighted by Crippen LogP contribution is 2.13. The van der Waals surface area contributed by atoms with Crippen molar-refractivity contribution in [3.8, 4) is 0 Å². The van der Waals surface area contributed by atoms with Crippen molar-refractivity contribution in [2.24, 2.45) is 0 Å². The molecule has 14 heavy (non-hydrogen) atoms. The lowest BCUT2D eigenvalue weighted by molar-refractivity contribution is 0.792. The van der Waals surface area contributed by atoms with Gasteiger partial charge in [0.05, 0.1) is 0 Å². The van der Waals surface area contributed by atoms with E-state index in [2.05, 4.69) is 27.8 Å². The van der Waals surface area contributed by atoms with Gasteiger partial charge < -0.3 is 10.6 Å². The van der Waals surface area contributed by atoms with E-state index in [-0.39, 0.29) is 0 Å². The molecule has 1 aromatic rings. The molecule has 0 saturated carbocycles. The summed E-state index contributed by atoms with van der Waals surface area (Å²) in [4.78, 5) is 4.35. The van der Waals surface area contributed by atoms with Crippen LogP contribution in [0, 0.1) is 13.8 Å². The first-order valence-electron chi connectivity index (χ1n) is 5.16. The molecule has 1 aliphatic rings. The van der Waals surface area contributed by atoms with E-state index >= 15 is 0 Å². The SMILES string of the molecule is Cc1cc(N[C@H]2CCNC2)cc(C)n1. The van der Waals surface area contributed by atoms with E-state index in [1.807, 2.05) is 13.8 Å². The molecule has 3 nitrogen and oxygen atoms in total. The largest absolute Gasteiger partial charge is 0.381 e. The highest BCUT2D eigenvalue weighted by Gasteiger charge is 2.13. The molecule has 2 rings (SSSR count). The molecule has 1 fully saturated rings. The zero-order valence-corrected chi connectivity index (χ0v) is 8.80. The van der Waals surface area contributed by atoms with Crippen LogP contribution in [-0.2, 0) is 0 Å². The lowest BCUT2D eigenvalue weighted by Crippen LogP contribution is -2.22. The second kappa shape index (κ2) is 3.96. The Kier molecular flexibility index (Phi) is 2.68. The molecule has 2 N–H and O–H groups in total. The fraction of sp³-hybridized carbons (Fsp3) is 0.545. The fourth-order valence-electron chi connectivity index (χ4n) is 1.93. The number of nitrogens with one attached hydrogen (secondary N) is 2. The van der Waals surface area contributed by atoms with Gasteiger partial charge in [-0.05, 0) is 38.9 Å². The molecule has 0 unspecified atom stereocenters. The number of anilines is 1. The zero-order chi connectivity index (χ0) is 9.97. The molecule has 0 aromatic carbocycles. The van der Waals surface area contributed by atoms with Crippen LogP contribution in [0.4, 0.5) is 5.69 Å². The van der Waals surface area contributed by atoms with E-state index in [0.29, 0.717) is 6.04 Å². The quantitative estimate of drug-likeness (QED) is 0.743. The van der Waals surface area contributed by atoms with Crippen LogP contribution in [-0.4, -0.2) is 24.1 Å². The van der Waals surface area contributed by atoms with Crippen LogP contribution < -0.4 is 10.6 Å². The van der Waals surface area contributed by atoms with Crippen molar-refractivity contribution in [3.63, 3.8) is 0 Å². The van der Waals surface area contributed by atoms with Crippen molar-refractivity contribution in [1.29, 1.82) is 0 Å². The van der Waals surface area contributed by atoms with Gasteiger partial charge >= 0.3 is 0 Å². The minimum absolute atomic E-state index is 0.580. The fourth-order valence-corrected chi connectivity index (χ4v) is 1.93. The van der Waals surface area contributed by atoms with Gasteiger partial charge in [0, 0.05) is 29.7 Å². The summed E-state index contributed by atoms with van der Waals surface area (Å²) in [6.07, 6.45) is 1.21. The maximum absolute atomic E-state index is 4.35. The summed E-state index contributed by atoms with van der Waals surface area (Å²) in [5.41, 5.74) is 3.36. The average molecular weight is 191 g/mol. The van der Waals surface area contributed by atoms with Crippen LogP contribution in [0.5, 0.6) is 0 Å². The topological polar surface area (TPSA) is 37.0 Å². The lowest BCUT2D eigenvalue weighted by Gasteiger charge is -2.13. The van der Waals surface area contributed by atoms with E-state index in [0.717, 1.165) is 24.5 Å². The molecule has 1 aliphatic heterocycles. The van der Waals surface area contributed by atoms with E-state index in [4.69, 9.17) is 0 Å². The predicted octanol–water partition coefficient (Wildman–Crippen LogP) is 1.47. The standard InChI is InChI=1S/C11H17N3/c1-8-5-11(6-9(2)13-8)14-10-3-4-12-7-10/h5-6,10,12H,3-4,7H2,1-2H3,(H,13,14)/t10-/m0/s1. The van der Waals surface area contributed by atoms with Crippen LogP contribution in [0.15, 0.2) is 12.1 Å². The van der Waals surface area contributed by atoms with Crippen LogP contribution in [0.2, 0.25) is 0 Å². The summed E-state index contributed by atoms with van der Waals surface area (Å²) >= 11 is 0. The van der Waals surface area contributed by atoms with Crippen molar-refractivity contribution in [1.82, 2.24) is 10.3 Å². The summed E-state index contributed by atoms with van der Waals surface area (Å²) < 4.78 is 0. The number of aromatic nitrogens is 1. The number of hydrogen-bond acceptors (Lipinski definition) is 3. The van der Waals surface area contributed by atoms with Gasteiger partial charge in [-0.15, -0.1) is 0 Å². The summed E-state index contributed by atoms with van der Waals surface area (Å²) in [7, 11) is 0. The van der Waals surface area contributed by atoms with Gasteiger partial charge in [0.1, 0.15) is 0 Å². The normalized spacial score (nSPS) is 21.1. The van der Waals surface area contributed by atoms with Gasteiger partial charge in [0.25, 0.3) is 0 Å². The molecule has 0 amide bonds. The molecule has 76 valence electrons. The monoisotopic (exact) mass is 191 g/mol. The zero-order valence-electron chi connectivity index (χ0n) is 8.80. The molecule has 2 heterocycles. The van der Waals surface area contributed by atoms with Crippen molar-refractivity contribution in [3.05, 3.63) is 23.5 Å². The number of hydrogen-bond donors (Lipinski definition) is 2. The van der Waals surface area contributed by atoms with Crippen LogP contribution in [0.1, 0.15) is 17.8 Å². The third-order valence-corrected chi connectivity index (χ3v) is 2.51. The molecule has 0 aliphatic carbocycles. The molecule has 1 aromatic heterocycles. The second-order valence-corrected chi connectivity index (χ2v) is 3.97. The smallest absolute Gasteiger partial charge is 0.0398 e. The van der Waals surface area contributed by atoms with Crippen LogP contribution in [0.25, 0.3) is 0 Å². The third-order valence-electron chi connectivity index (χ3n) is 2.51. The Morgan fingerprint density at radius 2 is 2.07 bits per heavy atom. The van der Waals surface area contributed by atoms with Gasteiger partial charge in [0.2, 0.25) is 0 Å². The average Bonchev–Trinajstić information content (AvgIpc) is 2.54. The van der Waals surface area contributed by atoms with E-state index in [9.17, 15) is 0 Å². The van der Waals surface area contributed by atoms with Gasteiger partial charge in [-0.25, -0.2) is 0 Å². The first-order chi connectivity index (χ1) is 6.74. The van der Waals surface area contributed by atoms with Crippen molar-refractivity contribution in [2.75, 3.05) is 18.4 Å². The molecule has 0 bridgehead atoms. The molecule has 1 atom stereocenters. The lowest BCUT2D eigenvalue weighted by atomic mass is 10.2. The molecule has 0 spiro atoms. The highest BCUT2D eigenvalue weighted by molar-refractivity contribution is 5.46. The summed E-state index contributed by atoms with van der Waals surface area (Å²) in [5, 5.41) is 6.86. The first kappa shape index (κ1) is 9.46. The Morgan fingerprint density at radius 3 is 2.64 bits per heavy atom. The van der Waals surface area contributed by atoms with Gasteiger partial charge in [0.15, 0.2) is 0 Å². The third kappa shape index (κ3) is 2.23. The maximum Gasteiger partial charge on any atom is 0.0398 e. The van der Waals surface area contributed by atoms with Gasteiger partial charge in [-0.3, -0.25) is 4.98 Å². The summed E-state index contributed by atoms with van der Waals surface area (Å²) in [6.45, 7) is 6.26. The first-order valence-corrected chi connectivity index (χ1v) is 5.16. The minimum atomic E-state index is 0.580. The maximum atomic E-state index is 4.35. The molecular formula is C11H17N3. The Morgan fingerprint density at radius 1 is 1.36 bits per heavy atom. The Bertz CT molecular complexity index is 296. The highest BCUT2D eigenvalue weighted by atomic mass is 15.0. The number of rotatable bonds is 2. The van der Waals surface area contributed by atoms with Crippen molar-refractivity contribution >= 4 is 5.69 Å². The number of nitrogens with zero attached hydrogens (tertiary/aromatic N) is 1. The van der Waals surface area contributed by atoms with Gasteiger partial charge in [-0.1, -0.05) is 0 Å². The molecule has 0 radical (unpaired) electrons. The summed E-state index contributed by atoms with van der Waals surface area (Å²) in [6, 6.07) is 4.78. The van der Waals surface area contributed by atoms with Gasteiger partial charge in [-0.2, -0.15) is 0 Å². The van der Waals surface area contributed by atoms with Crippen molar-refractivity contribution in [2.45, 2.75) is 26.3 Å². The minimum Gasteiger partial charge on any atom is -0.381 e. The molecule has 3 heteroatoms. The number of pyridine rings is 1. The van der Waals surface area contributed by atoms with E-state index in [1.165, 1.54) is 12.1 Å².